The van der Waals surface area contributed by atoms with Gasteiger partial charge in [0.25, 0.3) is 0 Å². The summed E-state index contributed by atoms with van der Waals surface area (Å²) in [5.41, 5.74) is 1.16. The average Bonchev–Trinajstić information content (AvgIpc) is 2.34. The van der Waals surface area contributed by atoms with E-state index in [1.54, 1.807) is 0 Å². The third kappa shape index (κ3) is 3.93. The number of rotatable bonds is 5. The Kier molecular flexibility index (Phi) is 5.40. The Hall–Kier alpha value is -1.51. The van der Waals surface area contributed by atoms with Crippen LogP contribution in [0.25, 0.3) is 0 Å². The molecule has 1 rings (SSSR count). The van der Waals surface area contributed by atoms with E-state index in [1.807, 2.05) is 49.1 Å². The molecule has 0 bridgehead atoms. The number of benzene rings is 1. The predicted octanol–water partition coefficient (Wildman–Crippen LogP) is 2.63. The lowest BCUT2D eigenvalue weighted by Gasteiger charge is -2.21. The molecule has 88 valence electrons. The molecule has 0 radical (unpaired) electrons. The van der Waals surface area contributed by atoms with Crippen LogP contribution in [0.3, 0.4) is 0 Å². The zero-order chi connectivity index (χ0) is 11.8. The van der Waals surface area contributed by atoms with Gasteiger partial charge in [-0.3, -0.25) is 0 Å². The molecule has 1 aromatic rings. The highest BCUT2D eigenvalue weighted by molar-refractivity contribution is 5.74. The zero-order valence-electron chi connectivity index (χ0n) is 10.1. The number of carbonyl (C=O) groups excluding carboxylic acids is 1. The number of amides is 2. The summed E-state index contributed by atoms with van der Waals surface area (Å²) in [4.78, 5) is 13.6. The van der Waals surface area contributed by atoms with E-state index in [4.69, 9.17) is 0 Å². The van der Waals surface area contributed by atoms with Crippen LogP contribution in [0.2, 0.25) is 0 Å². The van der Waals surface area contributed by atoms with Gasteiger partial charge in [0.15, 0.2) is 0 Å². The molecule has 0 aliphatic carbocycles. The first-order valence-corrected chi connectivity index (χ1v) is 5.84. The van der Waals surface area contributed by atoms with E-state index in [9.17, 15) is 4.79 Å². The van der Waals surface area contributed by atoms with Crippen molar-refractivity contribution in [1.29, 1.82) is 0 Å². The van der Waals surface area contributed by atoms with Crippen LogP contribution < -0.4 is 5.32 Å². The van der Waals surface area contributed by atoms with Crippen LogP contribution in [0.4, 0.5) is 4.79 Å². The molecule has 1 N–H and O–H groups in total. The Balaban J connectivity index is 2.52. The number of hydrogen-bond acceptors (Lipinski definition) is 1. The largest absolute Gasteiger partial charge is 0.338 e. The highest BCUT2D eigenvalue weighted by atomic mass is 16.2. The Morgan fingerprint density at radius 3 is 2.50 bits per heavy atom. The Labute approximate surface area is 97.5 Å². The van der Waals surface area contributed by atoms with Gasteiger partial charge in [0.05, 0.1) is 0 Å². The summed E-state index contributed by atoms with van der Waals surface area (Å²) in [6.45, 7) is 6.18. The van der Waals surface area contributed by atoms with Crippen molar-refractivity contribution in [3.05, 3.63) is 35.9 Å². The summed E-state index contributed by atoms with van der Waals surface area (Å²) in [6.07, 6.45) is 0.967. The lowest BCUT2D eigenvalue weighted by Crippen LogP contribution is -2.39. The normalized spacial score (nSPS) is 9.88. The number of nitrogens with zero attached hydrogens (tertiary/aromatic N) is 1. The van der Waals surface area contributed by atoms with Gasteiger partial charge < -0.3 is 10.2 Å². The first-order valence-electron chi connectivity index (χ1n) is 5.84. The summed E-state index contributed by atoms with van der Waals surface area (Å²) >= 11 is 0. The lowest BCUT2D eigenvalue weighted by atomic mass is 10.2. The minimum atomic E-state index is 0.0215. The maximum absolute atomic E-state index is 11.8. The predicted molar refractivity (Wildman–Crippen MR) is 66.2 cm³/mol. The molecular formula is C13H20N2O. The van der Waals surface area contributed by atoms with E-state index < -0.39 is 0 Å². The molecule has 2 amide bonds. The second kappa shape index (κ2) is 6.88. The third-order valence-electron chi connectivity index (χ3n) is 2.41. The van der Waals surface area contributed by atoms with Crippen molar-refractivity contribution in [3.8, 4) is 0 Å². The van der Waals surface area contributed by atoms with E-state index in [0.717, 1.165) is 25.1 Å². The van der Waals surface area contributed by atoms with Gasteiger partial charge in [0, 0.05) is 19.6 Å². The fourth-order valence-electron chi connectivity index (χ4n) is 1.47. The summed E-state index contributed by atoms with van der Waals surface area (Å²) in [7, 11) is 0. The second-order valence-corrected chi connectivity index (χ2v) is 3.73. The van der Waals surface area contributed by atoms with Gasteiger partial charge in [-0.05, 0) is 18.9 Å². The highest BCUT2D eigenvalue weighted by Crippen LogP contribution is 2.04. The summed E-state index contributed by atoms with van der Waals surface area (Å²) in [5, 5.41) is 2.89. The van der Waals surface area contributed by atoms with Crippen LogP contribution in [0, 0.1) is 0 Å². The standard InChI is InChI=1S/C13H20N2O/c1-3-10-14-13(16)15(4-2)11-12-8-6-5-7-9-12/h5-9H,3-4,10-11H2,1-2H3,(H,14,16). The third-order valence-corrected chi connectivity index (χ3v) is 2.41. The van der Waals surface area contributed by atoms with E-state index in [0.29, 0.717) is 6.54 Å². The number of carbonyl (C=O) groups is 1. The minimum Gasteiger partial charge on any atom is -0.338 e. The number of nitrogens with one attached hydrogen (secondary N) is 1. The molecule has 3 heteroatoms. The number of hydrogen-bond donors (Lipinski definition) is 1. The minimum absolute atomic E-state index is 0.0215. The first kappa shape index (κ1) is 12.6. The Morgan fingerprint density at radius 2 is 1.94 bits per heavy atom. The van der Waals surface area contributed by atoms with E-state index in [2.05, 4.69) is 5.32 Å². The van der Waals surface area contributed by atoms with Gasteiger partial charge in [0.1, 0.15) is 0 Å². The molecule has 1 aromatic carbocycles. The summed E-state index contributed by atoms with van der Waals surface area (Å²) < 4.78 is 0. The van der Waals surface area contributed by atoms with E-state index in [-0.39, 0.29) is 6.03 Å². The van der Waals surface area contributed by atoms with Gasteiger partial charge in [-0.15, -0.1) is 0 Å². The SMILES string of the molecule is CCCNC(=O)N(CC)Cc1ccccc1. The van der Waals surface area contributed by atoms with Crippen LogP contribution in [-0.2, 0) is 6.54 Å². The van der Waals surface area contributed by atoms with Crippen molar-refractivity contribution in [2.24, 2.45) is 0 Å². The molecule has 0 saturated heterocycles. The van der Waals surface area contributed by atoms with Crippen LogP contribution in [0.1, 0.15) is 25.8 Å². The molecule has 0 aliphatic heterocycles. The molecule has 0 saturated carbocycles. The van der Waals surface area contributed by atoms with Gasteiger partial charge in [0.2, 0.25) is 0 Å². The maximum atomic E-state index is 11.8. The van der Waals surface area contributed by atoms with Crippen LogP contribution in [0.15, 0.2) is 30.3 Å². The fraction of sp³-hybridized carbons (Fsp3) is 0.462. The topological polar surface area (TPSA) is 32.3 Å². The van der Waals surface area contributed by atoms with Crippen molar-refractivity contribution in [2.45, 2.75) is 26.8 Å². The molecule has 0 spiro atoms. The Morgan fingerprint density at radius 1 is 1.25 bits per heavy atom. The van der Waals surface area contributed by atoms with Crippen molar-refractivity contribution in [2.75, 3.05) is 13.1 Å². The van der Waals surface area contributed by atoms with Gasteiger partial charge in [-0.2, -0.15) is 0 Å². The van der Waals surface area contributed by atoms with Crippen LogP contribution in [0.5, 0.6) is 0 Å². The molecule has 0 heterocycles. The van der Waals surface area contributed by atoms with Gasteiger partial charge >= 0.3 is 6.03 Å². The van der Waals surface area contributed by atoms with Gasteiger partial charge in [-0.1, -0.05) is 37.3 Å². The van der Waals surface area contributed by atoms with Crippen molar-refractivity contribution in [1.82, 2.24) is 10.2 Å². The molecule has 0 fully saturated rings. The van der Waals surface area contributed by atoms with Gasteiger partial charge in [-0.25, -0.2) is 4.79 Å². The maximum Gasteiger partial charge on any atom is 0.317 e. The molecule has 0 aromatic heterocycles. The van der Waals surface area contributed by atoms with Crippen molar-refractivity contribution >= 4 is 6.03 Å². The smallest absolute Gasteiger partial charge is 0.317 e. The second-order valence-electron chi connectivity index (χ2n) is 3.73. The molecule has 0 aliphatic rings. The Bertz CT molecular complexity index is 311. The lowest BCUT2D eigenvalue weighted by molar-refractivity contribution is 0.198. The summed E-state index contributed by atoms with van der Waals surface area (Å²) in [5.74, 6) is 0. The van der Waals surface area contributed by atoms with Crippen LogP contribution >= 0.6 is 0 Å². The van der Waals surface area contributed by atoms with E-state index >= 15 is 0 Å². The average molecular weight is 220 g/mol. The zero-order valence-corrected chi connectivity index (χ0v) is 10.1. The quantitative estimate of drug-likeness (QED) is 0.813. The first-order chi connectivity index (χ1) is 7.77. The van der Waals surface area contributed by atoms with E-state index in [1.165, 1.54) is 0 Å². The molecule has 3 nitrogen and oxygen atoms in total. The monoisotopic (exact) mass is 220 g/mol. The van der Waals surface area contributed by atoms with Crippen LogP contribution in [-0.4, -0.2) is 24.0 Å². The van der Waals surface area contributed by atoms with Crippen molar-refractivity contribution in [3.63, 3.8) is 0 Å². The summed E-state index contributed by atoms with van der Waals surface area (Å²) in [6, 6.07) is 10.1. The highest BCUT2D eigenvalue weighted by Gasteiger charge is 2.10. The van der Waals surface area contributed by atoms with Crippen molar-refractivity contribution < 1.29 is 4.79 Å². The fourth-order valence-corrected chi connectivity index (χ4v) is 1.47. The molecule has 16 heavy (non-hydrogen) atoms. The molecule has 0 atom stereocenters. The molecular weight excluding hydrogens is 200 g/mol. The molecule has 0 unspecified atom stereocenters. The number of urea groups is 1.